The average Bonchev–Trinajstić information content (AvgIpc) is 2.85. The van der Waals surface area contributed by atoms with Crippen molar-refractivity contribution in [2.45, 2.75) is 63.8 Å². The Labute approximate surface area is 134 Å². The topological polar surface area (TPSA) is 24.4 Å². The molecule has 0 amide bonds. The van der Waals surface area contributed by atoms with Crippen LogP contribution in [0.15, 0.2) is 47.1 Å². The molecule has 0 spiro atoms. The molecule has 22 heavy (non-hydrogen) atoms. The lowest BCUT2D eigenvalue weighted by Gasteiger charge is -2.19. The van der Waals surface area contributed by atoms with Crippen LogP contribution >= 0.6 is 0 Å². The van der Waals surface area contributed by atoms with Gasteiger partial charge in [-0.3, -0.25) is 4.99 Å². The summed E-state index contributed by atoms with van der Waals surface area (Å²) in [6, 6.07) is 11.2. The molecule has 118 valence electrons. The molecule has 1 saturated heterocycles. The van der Waals surface area contributed by atoms with E-state index in [2.05, 4.69) is 41.7 Å². The van der Waals surface area contributed by atoms with Crippen LogP contribution in [0.3, 0.4) is 0 Å². The molecule has 3 rings (SSSR count). The third-order valence-electron chi connectivity index (χ3n) is 4.75. The number of nitrogens with one attached hydrogen (secondary N) is 1. The van der Waals surface area contributed by atoms with Crippen molar-refractivity contribution in [3.63, 3.8) is 0 Å². The standard InChI is InChI=1S/C20H28N2/c1-4-10-17(11-5-1)20(22-18-12-6-2-7-13-18)16-19-14-8-3-9-15-21-19/h1,4-5,10-11,16,18,21H,2-3,6-9,12-15H2/b19-16-,22-20?. The summed E-state index contributed by atoms with van der Waals surface area (Å²) in [6.45, 7) is 1.11. The highest BCUT2D eigenvalue weighted by molar-refractivity contribution is 6.09. The number of hydrogen-bond acceptors (Lipinski definition) is 2. The van der Waals surface area contributed by atoms with Gasteiger partial charge in [-0.15, -0.1) is 0 Å². The lowest BCUT2D eigenvalue weighted by Crippen LogP contribution is -2.16. The zero-order chi connectivity index (χ0) is 15.0. The van der Waals surface area contributed by atoms with Gasteiger partial charge in [0.15, 0.2) is 0 Å². The quantitative estimate of drug-likeness (QED) is 0.792. The molecule has 1 N–H and O–H groups in total. The van der Waals surface area contributed by atoms with E-state index < -0.39 is 0 Å². The first-order chi connectivity index (χ1) is 10.9. The number of allylic oxidation sites excluding steroid dienone is 2. The molecule has 1 aromatic carbocycles. The summed E-state index contributed by atoms with van der Waals surface area (Å²) in [4.78, 5) is 5.13. The van der Waals surface area contributed by atoms with Crippen LogP contribution in [0, 0.1) is 0 Å². The second-order valence-corrected chi connectivity index (χ2v) is 6.58. The number of aliphatic imine (C=N–C) groups is 1. The first kappa shape index (κ1) is 15.3. The molecule has 1 aromatic rings. The molecule has 0 aromatic heterocycles. The molecule has 0 atom stereocenters. The summed E-state index contributed by atoms with van der Waals surface area (Å²) in [5.74, 6) is 0. The van der Waals surface area contributed by atoms with E-state index in [1.807, 2.05) is 0 Å². The first-order valence-corrected chi connectivity index (χ1v) is 8.99. The Morgan fingerprint density at radius 1 is 0.955 bits per heavy atom. The zero-order valence-electron chi connectivity index (χ0n) is 13.6. The van der Waals surface area contributed by atoms with Crippen molar-refractivity contribution in [1.29, 1.82) is 0 Å². The van der Waals surface area contributed by atoms with Crippen LogP contribution in [0.2, 0.25) is 0 Å². The van der Waals surface area contributed by atoms with Gasteiger partial charge in [0.25, 0.3) is 0 Å². The predicted octanol–water partition coefficient (Wildman–Crippen LogP) is 4.86. The van der Waals surface area contributed by atoms with Crippen LogP contribution in [-0.4, -0.2) is 18.3 Å². The number of benzene rings is 1. The van der Waals surface area contributed by atoms with Gasteiger partial charge in [-0.2, -0.15) is 0 Å². The normalized spacial score (nSPS) is 23.1. The van der Waals surface area contributed by atoms with Gasteiger partial charge < -0.3 is 5.32 Å². The van der Waals surface area contributed by atoms with Gasteiger partial charge >= 0.3 is 0 Å². The fraction of sp³-hybridized carbons (Fsp3) is 0.550. The second kappa shape index (κ2) is 8.17. The van der Waals surface area contributed by atoms with Crippen molar-refractivity contribution in [3.05, 3.63) is 47.7 Å². The summed E-state index contributed by atoms with van der Waals surface area (Å²) >= 11 is 0. The molecular weight excluding hydrogens is 268 g/mol. The van der Waals surface area contributed by atoms with Gasteiger partial charge in [-0.1, -0.05) is 56.0 Å². The third kappa shape index (κ3) is 4.46. The Bertz CT molecular complexity index is 500. The second-order valence-electron chi connectivity index (χ2n) is 6.58. The number of nitrogens with zero attached hydrogens (tertiary/aromatic N) is 1. The average molecular weight is 296 g/mol. The van der Waals surface area contributed by atoms with Crippen molar-refractivity contribution in [3.8, 4) is 0 Å². The predicted molar refractivity (Wildman–Crippen MR) is 94.4 cm³/mol. The molecule has 0 unspecified atom stereocenters. The lowest BCUT2D eigenvalue weighted by atomic mass is 9.95. The molecule has 1 aliphatic heterocycles. The highest BCUT2D eigenvalue weighted by atomic mass is 14.9. The molecule has 0 radical (unpaired) electrons. The summed E-state index contributed by atoms with van der Waals surface area (Å²) in [7, 11) is 0. The van der Waals surface area contributed by atoms with E-state index in [4.69, 9.17) is 4.99 Å². The Kier molecular flexibility index (Phi) is 5.69. The highest BCUT2D eigenvalue weighted by Gasteiger charge is 2.14. The van der Waals surface area contributed by atoms with Gasteiger partial charge in [0.1, 0.15) is 0 Å². The zero-order valence-corrected chi connectivity index (χ0v) is 13.6. The van der Waals surface area contributed by atoms with Gasteiger partial charge in [-0.25, -0.2) is 0 Å². The molecule has 2 nitrogen and oxygen atoms in total. The molecule has 1 saturated carbocycles. The maximum atomic E-state index is 5.13. The smallest absolute Gasteiger partial charge is 0.0667 e. The van der Waals surface area contributed by atoms with Crippen LogP contribution in [0.1, 0.15) is 63.4 Å². The van der Waals surface area contributed by atoms with E-state index >= 15 is 0 Å². The molecule has 2 fully saturated rings. The fourth-order valence-corrected chi connectivity index (χ4v) is 3.45. The Morgan fingerprint density at radius 3 is 2.55 bits per heavy atom. The minimum Gasteiger partial charge on any atom is -0.388 e. The van der Waals surface area contributed by atoms with Crippen molar-refractivity contribution in [2.24, 2.45) is 4.99 Å². The van der Waals surface area contributed by atoms with Gasteiger partial charge in [0.05, 0.1) is 11.8 Å². The monoisotopic (exact) mass is 296 g/mol. The fourth-order valence-electron chi connectivity index (χ4n) is 3.45. The summed E-state index contributed by atoms with van der Waals surface area (Å²) in [6.07, 6.45) is 14.0. The van der Waals surface area contributed by atoms with E-state index in [0.29, 0.717) is 6.04 Å². The van der Waals surface area contributed by atoms with Crippen LogP contribution in [0.5, 0.6) is 0 Å². The SMILES string of the molecule is C(/C(=NC1CCCCC1)c1ccccc1)=C1\CCCCCN1. The molecule has 2 aliphatic rings. The van der Waals surface area contributed by atoms with E-state index in [1.165, 1.54) is 68.3 Å². The molecular formula is C20H28N2. The van der Waals surface area contributed by atoms with E-state index in [0.717, 1.165) is 13.0 Å². The maximum Gasteiger partial charge on any atom is 0.0667 e. The molecule has 1 aliphatic carbocycles. The highest BCUT2D eigenvalue weighted by Crippen LogP contribution is 2.22. The number of rotatable bonds is 3. The van der Waals surface area contributed by atoms with E-state index in [1.54, 1.807) is 0 Å². The Balaban J connectivity index is 1.85. The van der Waals surface area contributed by atoms with Crippen molar-refractivity contribution >= 4 is 5.71 Å². The number of hydrogen-bond donors (Lipinski definition) is 1. The lowest BCUT2D eigenvalue weighted by molar-refractivity contribution is 0.444. The molecule has 0 bridgehead atoms. The van der Waals surface area contributed by atoms with Crippen LogP contribution in [0.4, 0.5) is 0 Å². The van der Waals surface area contributed by atoms with Crippen molar-refractivity contribution < 1.29 is 0 Å². The first-order valence-electron chi connectivity index (χ1n) is 8.99. The molecule has 1 heterocycles. The van der Waals surface area contributed by atoms with Crippen molar-refractivity contribution in [1.82, 2.24) is 5.32 Å². The van der Waals surface area contributed by atoms with Crippen LogP contribution in [-0.2, 0) is 0 Å². The Hall–Kier alpha value is -1.57. The minimum atomic E-state index is 0.520. The minimum absolute atomic E-state index is 0.520. The van der Waals surface area contributed by atoms with Crippen LogP contribution < -0.4 is 5.32 Å². The molecule has 2 heteroatoms. The van der Waals surface area contributed by atoms with Crippen molar-refractivity contribution in [2.75, 3.05) is 6.54 Å². The Morgan fingerprint density at radius 2 is 1.73 bits per heavy atom. The van der Waals surface area contributed by atoms with Crippen LogP contribution in [0.25, 0.3) is 0 Å². The summed E-state index contributed by atoms with van der Waals surface area (Å²) in [5, 5.41) is 3.60. The van der Waals surface area contributed by atoms with Gasteiger partial charge in [-0.05, 0) is 43.7 Å². The summed E-state index contributed by atoms with van der Waals surface area (Å²) in [5.41, 5.74) is 3.81. The van der Waals surface area contributed by atoms with E-state index in [9.17, 15) is 0 Å². The van der Waals surface area contributed by atoms with E-state index in [-0.39, 0.29) is 0 Å². The maximum absolute atomic E-state index is 5.13. The van der Waals surface area contributed by atoms with Gasteiger partial charge in [0, 0.05) is 12.2 Å². The summed E-state index contributed by atoms with van der Waals surface area (Å²) < 4.78 is 0. The largest absolute Gasteiger partial charge is 0.388 e. The third-order valence-corrected chi connectivity index (χ3v) is 4.75. The van der Waals surface area contributed by atoms with Gasteiger partial charge in [0.2, 0.25) is 0 Å².